The standard InChI is InChI=1S/C16H20O2/c17-9-11-12(10-18)14-4-3-13(11)15-5-1-2-6-16(14,15)8-7-15/h1-4,7-8,11-14,17-18H,5-6,9-10H2/t11-,12+,13-,14-,15-,16-/m1/s1. The molecule has 5 aliphatic rings. The van der Waals surface area contributed by atoms with Gasteiger partial charge in [-0.05, 0) is 36.5 Å². The highest BCUT2D eigenvalue weighted by Gasteiger charge is 2.68. The Bertz CT molecular complexity index is 424. The summed E-state index contributed by atoms with van der Waals surface area (Å²) < 4.78 is 0. The maximum absolute atomic E-state index is 9.74. The van der Waals surface area contributed by atoms with E-state index in [1.807, 2.05) is 0 Å². The topological polar surface area (TPSA) is 40.5 Å². The van der Waals surface area contributed by atoms with E-state index in [0.29, 0.717) is 11.8 Å². The van der Waals surface area contributed by atoms with Crippen LogP contribution in [0.1, 0.15) is 12.8 Å². The molecule has 2 nitrogen and oxygen atoms in total. The maximum atomic E-state index is 9.74. The van der Waals surface area contributed by atoms with Gasteiger partial charge in [0.1, 0.15) is 0 Å². The van der Waals surface area contributed by atoms with Gasteiger partial charge in [-0.3, -0.25) is 0 Å². The molecule has 5 rings (SSSR count). The van der Waals surface area contributed by atoms with Gasteiger partial charge in [-0.15, -0.1) is 0 Å². The molecule has 2 N–H and O–H groups in total. The van der Waals surface area contributed by atoms with Crippen LogP contribution in [0.15, 0.2) is 36.5 Å². The van der Waals surface area contributed by atoms with Gasteiger partial charge in [-0.2, -0.15) is 0 Å². The van der Waals surface area contributed by atoms with Crippen molar-refractivity contribution in [3.05, 3.63) is 36.5 Å². The van der Waals surface area contributed by atoms with Crippen molar-refractivity contribution in [2.24, 2.45) is 34.5 Å². The van der Waals surface area contributed by atoms with Gasteiger partial charge in [0.05, 0.1) is 0 Å². The van der Waals surface area contributed by atoms with Crippen molar-refractivity contribution in [1.82, 2.24) is 0 Å². The van der Waals surface area contributed by atoms with Crippen LogP contribution >= 0.6 is 0 Å². The van der Waals surface area contributed by atoms with Gasteiger partial charge in [0.25, 0.3) is 0 Å². The Balaban J connectivity index is 1.88. The van der Waals surface area contributed by atoms with E-state index < -0.39 is 0 Å². The molecule has 0 aliphatic heterocycles. The summed E-state index contributed by atoms with van der Waals surface area (Å²) in [4.78, 5) is 0. The lowest BCUT2D eigenvalue weighted by molar-refractivity contribution is -0.135. The summed E-state index contributed by atoms with van der Waals surface area (Å²) in [5, 5.41) is 19.5. The minimum Gasteiger partial charge on any atom is -0.396 e. The van der Waals surface area contributed by atoms with Crippen LogP contribution in [-0.2, 0) is 0 Å². The van der Waals surface area contributed by atoms with E-state index in [2.05, 4.69) is 36.5 Å². The fraction of sp³-hybridized carbons (Fsp3) is 0.625. The second kappa shape index (κ2) is 3.37. The van der Waals surface area contributed by atoms with E-state index in [1.165, 1.54) is 0 Å². The largest absolute Gasteiger partial charge is 0.396 e. The summed E-state index contributed by atoms with van der Waals surface area (Å²) >= 11 is 0. The number of fused-ring (bicyclic) bond motifs is 1. The first kappa shape index (κ1) is 11.0. The molecule has 0 amide bonds. The highest BCUT2D eigenvalue weighted by atomic mass is 16.3. The van der Waals surface area contributed by atoms with E-state index >= 15 is 0 Å². The SMILES string of the molecule is OC[C@@H]1[C@H](CO)[C@H]2C=C[C@H]1[C@@]13C=C[C@]21CC=CC3. The number of allylic oxidation sites excluding steroid dienone is 6. The second-order valence-corrected chi connectivity index (χ2v) is 6.42. The Morgan fingerprint density at radius 1 is 0.833 bits per heavy atom. The number of aliphatic hydroxyl groups is 2. The first-order valence-corrected chi connectivity index (χ1v) is 7.04. The van der Waals surface area contributed by atoms with E-state index in [1.54, 1.807) is 0 Å². The fourth-order valence-electron chi connectivity index (χ4n) is 5.36. The molecule has 0 aromatic heterocycles. The van der Waals surface area contributed by atoms with Gasteiger partial charge >= 0.3 is 0 Å². The zero-order valence-electron chi connectivity index (χ0n) is 10.5. The lowest BCUT2D eigenvalue weighted by atomic mass is 9.33. The summed E-state index contributed by atoms with van der Waals surface area (Å²) in [5.41, 5.74) is 0.473. The molecular weight excluding hydrogens is 224 g/mol. The third-order valence-electron chi connectivity index (χ3n) is 6.23. The van der Waals surface area contributed by atoms with Crippen LogP contribution in [0.3, 0.4) is 0 Å². The molecule has 5 aliphatic carbocycles. The third-order valence-corrected chi connectivity index (χ3v) is 6.23. The number of hydrogen-bond donors (Lipinski definition) is 2. The predicted molar refractivity (Wildman–Crippen MR) is 69.7 cm³/mol. The molecule has 0 aromatic carbocycles. The van der Waals surface area contributed by atoms with Crippen LogP contribution in [0, 0.1) is 34.5 Å². The minimum atomic E-state index is 0.201. The minimum absolute atomic E-state index is 0.201. The molecule has 0 aromatic rings. The predicted octanol–water partition coefficient (Wildman–Crippen LogP) is 1.91. The third kappa shape index (κ3) is 0.927. The van der Waals surface area contributed by atoms with E-state index in [4.69, 9.17) is 0 Å². The second-order valence-electron chi connectivity index (χ2n) is 6.42. The molecule has 2 heteroatoms. The van der Waals surface area contributed by atoms with Crippen molar-refractivity contribution in [3.8, 4) is 0 Å². The normalized spacial score (nSPS) is 55.0. The summed E-state index contributed by atoms with van der Waals surface area (Å²) in [6.45, 7) is 0.401. The molecule has 0 radical (unpaired) electrons. The average molecular weight is 244 g/mol. The van der Waals surface area contributed by atoms with Crippen molar-refractivity contribution in [2.75, 3.05) is 13.2 Å². The van der Waals surface area contributed by atoms with Gasteiger partial charge in [0, 0.05) is 24.0 Å². The van der Waals surface area contributed by atoms with Crippen LogP contribution in [0.25, 0.3) is 0 Å². The van der Waals surface area contributed by atoms with Crippen molar-refractivity contribution < 1.29 is 10.2 Å². The Morgan fingerprint density at radius 3 is 1.61 bits per heavy atom. The highest BCUT2D eigenvalue weighted by molar-refractivity contribution is 5.42. The van der Waals surface area contributed by atoms with Gasteiger partial charge in [0.15, 0.2) is 0 Å². The first-order valence-electron chi connectivity index (χ1n) is 7.04. The molecule has 2 bridgehead atoms. The smallest absolute Gasteiger partial charge is 0.0468 e. The van der Waals surface area contributed by atoms with Crippen LogP contribution in [-0.4, -0.2) is 23.4 Å². The van der Waals surface area contributed by atoms with E-state index in [-0.39, 0.29) is 35.9 Å². The van der Waals surface area contributed by atoms with Gasteiger partial charge in [0.2, 0.25) is 0 Å². The molecule has 0 saturated heterocycles. The van der Waals surface area contributed by atoms with Crippen molar-refractivity contribution in [2.45, 2.75) is 12.8 Å². The lowest BCUT2D eigenvalue weighted by Gasteiger charge is -2.70. The Labute approximate surface area is 108 Å². The summed E-state index contributed by atoms with van der Waals surface area (Å²) in [6.07, 6.45) is 16.2. The molecule has 0 spiro atoms. The molecular formula is C16H20O2. The van der Waals surface area contributed by atoms with Crippen LogP contribution in [0.4, 0.5) is 0 Å². The Kier molecular flexibility index (Phi) is 2.06. The fourth-order valence-corrected chi connectivity index (χ4v) is 5.36. The van der Waals surface area contributed by atoms with Crippen LogP contribution < -0.4 is 0 Å². The molecule has 0 unspecified atom stereocenters. The van der Waals surface area contributed by atoms with Gasteiger partial charge < -0.3 is 10.2 Å². The van der Waals surface area contributed by atoms with Crippen molar-refractivity contribution >= 4 is 0 Å². The monoisotopic (exact) mass is 244 g/mol. The summed E-state index contributed by atoms with van der Waals surface area (Å²) in [5.74, 6) is 1.27. The molecule has 6 atom stereocenters. The molecule has 1 fully saturated rings. The molecule has 0 heterocycles. The van der Waals surface area contributed by atoms with Gasteiger partial charge in [-0.1, -0.05) is 36.5 Å². The zero-order chi connectivity index (χ0) is 12.4. The summed E-state index contributed by atoms with van der Waals surface area (Å²) in [6, 6.07) is 0. The van der Waals surface area contributed by atoms with E-state index in [0.717, 1.165) is 12.8 Å². The number of hydrogen-bond acceptors (Lipinski definition) is 2. The molecule has 1 saturated carbocycles. The lowest BCUT2D eigenvalue weighted by Crippen LogP contribution is -2.66. The number of aliphatic hydroxyl groups excluding tert-OH is 2. The van der Waals surface area contributed by atoms with Crippen LogP contribution in [0.5, 0.6) is 0 Å². The average Bonchev–Trinajstić information content (AvgIpc) is 2.40. The quantitative estimate of drug-likeness (QED) is 0.728. The maximum Gasteiger partial charge on any atom is 0.0468 e. The Hall–Kier alpha value is -0.860. The van der Waals surface area contributed by atoms with Crippen molar-refractivity contribution in [3.63, 3.8) is 0 Å². The van der Waals surface area contributed by atoms with Crippen molar-refractivity contribution in [1.29, 1.82) is 0 Å². The first-order chi connectivity index (χ1) is 8.79. The van der Waals surface area contributed by atoms with E-state index in [9.17, 15) is 10.2 Å². The number of rotatable bonds is 2. The summed E-state index contributed by atoms with van der Waals surface area (Å²) in [7, 11) is 0. The van der Waals surface area contributed by atoms with Gasteiger partial charge in [-0.25, -0.2) is 0 Å². The van der Waals surface area contributed by atoms with Crippen LogP contribution in [0.2, 0.25) is 0 Å². The highest BCUT2D eigenvalue weighted by Crippen LogP contribution is 2.73. The molecule has 96 valence electrons. The zero-order valence-corrected chi connectivity index (χ0v) is 10.5. The molecule has 18 heavy (non-hydrogen) atoms. The Morgan fingerprint density at radius 2 is 1.28 bits per heavy atom.